The van der Waals surface area contributed by atoms with Crippen molar-refractivity contribution >= 4 is 0 Å². The van der Waals surface area contributed by atoms with Crippen molar-refractivity contribution in [2.75, 3.05) is 7.11 Å². The predicted octanol–water partition coefficient (Wildman–Crippen LogP) is 4.09. The van der Waals surface area contributed by atoms with Crippen molar-refractivity contribution in [3.8, 4) is 5.75 Å². The Morgan fingerprint density at radius 3 is 2.74 bits per heavy atom. The Hall–Kier alpha value is -1.02. The van der Waals surface area contributed by atoms with Crippen LogP contribution in [-0.4, -0.2) is 7.11 Å². The molecule has 2 N–H and O–H groups in total. The number of benzene rings is 1. The van der Waals surface area contributed by atoms with Gasteiger partial charge in [-0.1, -0.05) is 44.7 Å². The quantitative estimate of drug-likeness (QED) is 0.886. The second-order valence-electron chi connectivity index (χ2n) is 6.07. The summed E-state index contributed by atoms with van der Waals surface area (Å²) in [6.07, 6.45) is 6.50. The lowest BCUT2D eigenvalue weighted by Crippen LogP contribution is -2.45. The van der Waals surface area contributed by atoms with Gasteiger partial charge in [0.05, 0.1) is 7.11 Å². The Bertz CT molecular complexity index is 413. The summed E-state index contributed by atoms with van der Waals surface area (Å²) in [5.74, 6) is 2.24. The van der Waals surface area contributed by atoms with Gasteiger partial charge >= 0.3 is 0 Å². The summed E-state index contributed by atoms with van der Waals surface area (Å²) >= 11 is 0. The lowest BCUT2D eigenvalue weighted by atomic mass is 9.66. The van der Waals surface area contributed by atoms with Crippen molar-refractivity contribution in [1.82, 2.24) is 0 Å². The van der Waals surface area contributed by atoms with E-state index < -0.39 is 0 Å². The molecule has 1 saturated carbocycles. The van der Waals surface area contributed by atoms with Crippen molar-refractivity contribution in [3.05, 3.63) is 29.8 Å². The maximum atomic E-state index is 6.75. The first kappa shape index (κ1) is 14.4. The van der Waals surface area contributed by atoms with Gasteiger partial charge in [0.25, 0.3) is 0 Å². The van der Waals surface area contributed by atoms with E-state index in [4.69, 9.17) is 10.5 Å². The van der Waals surface area contributed by atoms with Gasteiger partial charge in [-0.2, -0.15) is 0 Å². The van der Waals surface area contributed by atoms with Crippen LogP contribution in [0.1, 0.15) is 51.5 Å². The lowest BCUT2D eigenvalue weighted by molar-refractivity contribution is 0.138. The smallest absolute Gasteiger partial charge is 0.119 e. The van der Waals surface area contributed by atoms with Crippen LogP contribution in [0.2, 0.25) is 0 Å². The van der Waals surface area contributed by atoms with Crippen LogP contribution >= 0.6 is 0 Å². The first-order chi connectivity index (χ1) is 9.09. The molecule has 1 aromatic rings. The molecule has 1 aliphatic carbocycles. The van der Waals surface area contributed by atoms with Gasteiger partial charge in [-0.3, -0.25) is 0 Å². The average molecular weight is 261 g/mol. The summed E-state index contributed by atoms with van der Waals surface area (Å²) < 4.78 is 5.33. The minimum atomic E-state index is -0.254. The van der Waals surface area contributed by atoms with E-state index in [9.17, 15) is 0 Å². The maximum Gasteiger partial charge on any atom is 0.119 e. The van der Waals surface area contributed by atoms with Crippen LogP contribution < -0.4 is 10.5 Å². The molecule has 2 rings (SSSR count). The molecule has 3 unspecified atom stereocenters. The van der Waals surface area contributed by atoms with Crippen molar-refractivity contribution < 1.29 is 4.74 Å². The highest BCUT2D eigenvalue weighted by Gasteiger charge is 2.38. The third kappa shape index (κ3) is 2.94. The Labute approximate surface area is 117 Å². The standard InChI is InChI=1S/C17H27NO/c1-4-13-8-5-6-11-16(13)17(2,18)14-9-7-10-15(12-14)19-3/h7,9-10,12-13,16H,4-6,8,11,18H2,1-3H3. The van der Waals surface area contributed by atoms with Crippen molar-refractivity contribution in [2.24, 2.45) is 17.6 Å². The molecule has 3 atom stereocenters. The molecule has 0 bridgehead atoms. The van der Waals surface area contributed by atoms with Gasteiger partial charge < -0.3 is 10.5 Å². The van der Waals surface area contributed by atoms with Gasteiger partial charge in [0, 0.05) is 5.54 Å². The lowest BCUT2D eigenvalue weighted by Gasteiger charge is -2.42. The largest absolute Gasteiger partial charge is 0.497 e. The number of rotatable bonds is 4. The fourth-order valence-corrected chi connectivity index (χ4v) is 3.66. The minimum absolute atomic E-state index is 0.254. The fraction of sp³-hybridized carbons (Fsp3) is 0.647. The monoisotopic (exact) mass is 261 g/mol. The van der Waals surface area contributed by atoms with E-state index in [1.807, 2.05) is 12.1 Å². The first-order valence-electron chi connectivity index (χ1n) is 7.53. The minimum Gasteiger partial charge on any atom is -0.497 e. The van der Waals surface area contributed by atoms with E-state index >= 15 is 0 Å². The third-order valence-electron chi connectivity index (χ3n) is 4.90. The van der Waals surface area contributed by atoms with Gasteiger partial charge in [0.2, 0.25) is 0 Å². The van der Waals surface area contributed by atoms with Crippen LogP contribution in [0, 0.1) is 11.8 Å². The summed E-state index contributed by atoms with van der Waals surface area (Å²) in [5, 5.41) is 0. The maximum absolute atomic E-state index is 6.75. The number of ether oxygens (including phenoxy) is 1. The van der Waals surface area contributed by atoms with Crippen LogP contribution in [0.25, 0.3) is 0 Å². The molecule has 1 aliphatic rings. The summed E-state index contributed by atoms with van der Waals surface area (Å²) in [6.45, 7) is 4.49. The molecule has 2 heteroatoms. The van der Waals surface area contributed by atoms with E-state index in [0.29, 0.717) is 5.92 Å². The van der Waals surface area contributed by atoms with Gasteiger partial charge in [0.15, 0.2) is 0 Å². The Kier molecular flexibility index (Phi) is 4.51. The highest BCUT2D eigenvalue weighted by atomic mass is 16.5. The van der Waals surface area contributed by atoms with Crippen molar-refractivity contribution in [1.29, 1.82) is 0 Å². The van der Waals surface area contributed by atoms with E-state index in [0.717, 1.165) is 11.7 Å². The second kappa shape index (κ2) is 5.96. The van der Waals surface area contributed by atoms with Crippen LogP contribution in [0.5, 0.6) is 5.75 Å². The summed E-state index contributed by atoms with van der Waals surface area (Å²) in [5.41, 5.74) is 7.70. The van der Waals surface area contributed by atoms with Crippen LogP contribution in [0.3, 0.4) is 0 Å². The van der Waals surface area contributed by atoms with Crippen molar-refractivity contribution in [3.63, 3.8) is 0 Å². The van der Waals surface area contributed by atoms with Gasteiger partial charge in [0.1, 0.15) is 5.75 Å². The molecular weight excluding hydrogens is 234 g/mol. The molecule has 0 amide bonds. The normalized spacial score (nSPS) is 26.7. The van der Waals surface area contributed by atoms with Gasteiger partial charge in [-0.15, -0.1) is 0 Å². The topological polar surface area (TPSA) is 35.2 Å². The molecule has 106 valence electrons. The molecule has 2 nitrogen and oxygen atoms in total. The summed E-state index contributed by atoms with van der Waals surface area (Å²) in [6, 6.07) is 8.27. The molecule has 0 aliphatic heterocycles. The highest BCUT2D eigenvalue weighted by molar-refractivity contribution is 5.33. The highest BCUT2D eigenvalue weighted by Crippen LogP contribution is 2.42. The predicted molar refractivity (Wildman–Crippen MR) is 80.3 cm³/mol. The zero-order valence-corrected chi connectivity index (χ0v) is 12.5. The molecule has 1 aromatic carbocycles. The van der Waals surface area contributed by atoms with Crippen LogP contribution in [0.4, 0.5) is 0 Å². The Morgan fingerprint density at radius 1 is 1.32 bits per heavy atom. The number of hydrogen-bond donors (Lipinski definition) is 1. The zero-order valence-electron chi connectivity index (χ0n) is 12.5. The number of hydrogen-bond acceptors (Lipinski definition) is 2. The molecule has 0 spiro atoms. The zero-order chi connectivity index (χ0) is 13.9. The molecule has 0 saturated heterocycles. The molecule has 1 fully saturated rings. The van der Waals surface area contributed by atoms with Gasteiger partial charge in [-0.25, -0.2) is 0 Å². The summed E-state index contributed by atoms with van der Waals surface area (Å²) in [4.78, 5) is 0. The average Bonchev–Trinajstić information content (AvgIpc) is 2.47. The molecule has 0 radical (unpaired) electrons. The third-order valence-corrected chi connectivity index (χ3v) is 4.90. The molecule has 0 aromatic heterocycles. The van der Waals surface area contributed by atoms with E-state index in [1.165, 1.54) is 37.7 Å². The number of methoxy groups -OCH3 is 1. The van der Waals surface area contributed by atoms with E-state index in [-0.39, 0.29) is 5.54 Å². The Balaban J connectivity index is 2.28. The van der Waals surface area contributed by atoms with Crippen LogP contribution in [-0.2, 0) is 5.54 Å². The Morgan fingerprint density at radius 2 is 2.05 bits per heavy atom. The van der Waals surface area contributed by atoms with E-state index in [2.05, 4.69) is 26.0 Å². The number of nitrogens with two attached hydrogens (primary N) is 1. The SMILES string of the molecule is CCC1CCCCC1C(C)(N)c1cccc(OC)c1. The van der Waals surface area contributed by atoms with E-state index in [1.54, 1.807) is 7.11 Å². The second-order valence-corrected chi connectivity index (χ2v) is 6.07. The summed E-state index contributed by atoms with van der Waals surface area (Å²) in [7, 11) is 1.71. The van der Waals surface area contributed by atoms with Crippen LogP contribution in [0.15, 0.2) is 24.3 Å². The fourth-order valence-electron chi connectivity index (χ4n) is 3.66. The molecule has 19 heavy (non-hydrogen) atoms. The molecule has 0 heterocycles. The molecular formula is C17H27NO. The van der Waals surface area contributed by atoms with Crippen molar-refractivity contribution in [2.45, 2.75) is 51.5 Å². The van der Waals surface area contributed by atoms with Gasteiger partial charge in [-0.05, 0) is 42.9 Å². The first-order valence-corrected chi connectivity index (χ1v) is 7.53.